The number of nitrogens with zero attached hydrogens (tertiary/aromatic N) is 3. The van der Waals surface area contributed by atoms with Crippen LogP contribution in [0.4, 0.5) is 5.88 Å². The predicted molar refractivity (Wildman–Crippen MR) is 79.1 cm³/mol. The lowest BCUT2D eigenvalue weighted by molar-refractivity contribution is -0.114. The van der Waals surface area contributed by atoms with Crippen LogP contribution in [0.15, 0.2) is 28.1 Å². The number of carbonyl (C=O) groups excluding carboxylic acids is 1. The monoisotopic (exact) mass is 326 g/mol. The van der Waals surface area contributed by atoms with Crippen molar-refractivity contribution in [3.63, 3.8) is 0 Å². The van der Waals surface area contributed by atoms with Gasteiger partial charge in [0.15, 0.2) is 0 Å². The summed E-state index contributed by atoms with van der Waals surface area (Å²) in [5, 5.41) is 6.08. The van der Waals surface area contributed by atoms with Crippen molar-refractivity contribution >= 4 is 21.6 Å². The van der Waals surface area contributed by atoms with Crippen molar-refractivity contribution in [3.05, 3.63) is 24.2 Å². The third-order valence-electron chi connectivity index (χ3n) is 2.92. The Kier molecular flexibility index (Phi) is 4.10. The number of nitrogens with one attached hydrogen (secondary N) is 1. The summed E-state index contributed by atoms with van der Waals surface area (Å²) in [6, 6.07) is 1.57. The van der Waals surface area contributed by atoms with E-state index in [-0.39, 0.29) is 16.5 Å². The highest BCUT2D eigenvalue weighted by Gasteiger charge is 2.25. The molecule has 0 spiro atoms. The minimum Gasteiger partial charge on any atom is -0.338 e. The van der Waals surface area contributed by atoms with E-state index in [9.17, 15) is 13.2 Å². The molecule has 0 bridgehead atoms. The SMILES string of the molecule is Cn1ccnc1S(=O)(=O)CC(=O)Nc1cc(C(C)(C)C)no1. The third kappa shape index (κ3) is 3.53. The lowest BCUT2D eigenvalue weighted by atomic mass is 9.92. The maximum atomic E-state index is 12.1. The third-order valence-corrected chi connectivity index (χ3v) is 4.51. The molecule has 1 amide bonds. The highest BCUT2D eigenvalue weighted by atomic mass is 32.2. The molecule has 1 N–H and O–H groups in total. The fraction of sp³-hybridized carbons (Fsp3) is 0.462. The number of amides is 1. The van der Waals surface area contributed by atoms with Gasteiger partial charge in [-0.3, -0.25) is 10.1 Å². The first-order valence-electron chi connectivity index (χ1n) is 6.57. The van der Waals surface area contributed by atoms with Crippen molar-refractivity contribution in [1.82, 2.24) is 14.7 Å². The molecule has 0 saturated heterocycles. The van der Waals surface area contributed by atoms with Crippen molar-refractivity contribution in [2.24, 2.45) is 7.05 Å². The molecule has 2 rings (SSSR count). The van der Waals surface area contributed by atoms with Gasteiger partial charge in [0.05, 0.1) is 5.69 Å². The van der Waals surface area contributed by atoms with Crippen LogP contribution in [0.2, 0.25) is 0 Å². The van der Waals surface area contributed by atoms with Crippen LogP contribution in [-0.2, 0) is 27.1 Å². The first-order valence-corrected chi connectivity index (χ1v) is 8.22. The van der Waals surface area contributed by atoms with Gasteiger partial charge in [-0.1, -0.05) is 25.9 Å². The second-order valence-corrected chi connectivity index (χ2v) is 7.84. The summed E-state index contributed by atoms with van der Waals surface area (Å²) in [5.41, 5.74) is 0.431. The number of aryl methyl sites for hydroxylation is 1. The van der Waals surface area contributed by atoms with Crippen molar-refractivity contribution in [3.8, 4) is 0 Å². The topological polar surface area (TPSA) is 107 Å². The molecule has 0 saturated carbocycles. The first-order chi connectivity index (χ1) is 10.1. The number of hydrogen-bond donors (Lipinski definition) is 1. The summed E-state index contributed by atoms with van der Waals surface area (Å²) in [5.74, 6) is -1.31. The fourth-order valence-electron chi connectivity index (χ4n) is 1.75. The van der Waals surface area contributed by atoms with E-state index in [1.807, 2.05) is 20.8 Å². The summed E-state index contributed by atoms with van der Waals surface area (Å²) in [6.45, 7) is 5.84. The van der Waals surface area contributed by atoms with Gasteiger partial charge < -0.3 is 9.09 Å². The Morgan fingerprint density at radius 2 is 2.09 bits per heavy atom. The molecule has 0 unspecified atom stereocenters. The van der Waals surface area contributed by atoms with Crippen LogP contribution in [0, 0.1) is 0 Å². The highest BCUT2D eigenvalue weighted by Crippen LogP contribution is 2.23. The van der Waals surface area contributed by atoms with E-state index in [1.54, 1.807) is 13.1 Å². The summed E-state index contributed by atoms with van der Waals surface area (Å²) in [6.07, 6.45) is 2.85. The molecule has 0 radical (unpaired) electrons. The van der Waals surface area contributed by atoms with E-state index in [0.717, 1.165) is 0 Å². The van der Waals surface area contributed by atoms with Gasteiger partial charge in [-0.2, -0.15) is 0 Å². The van der Waals surface area contributed by atoms with Gasteiger partial charge in [-0.05, 0) is 0 Å². The Morgan fingerprint density at radius 3 is 2.59 bits per heavy atom. The molecule has 0 aliphatic carbocycles. The van der Waals surface area contributed by atoms with Crippen LogP contribution >= 0.6 is 0 Å². The second kappa shape index (κ2) is 5.56. The van der Waals surface area contributed by atoms with Crippen molar-refractivity contribution in [2.45, 2.75) is 31.3 Å². The molecular formula is C13H18N4O4S. The van der Waals surface area contributed by atoms with E-state index >= 15 is 0 Å². The van der Waals surface area contributed by atoms with E-state index in [4.69, 9.17) is 4.52 Å². The van der Waals surface area contributed by atoms with Crippen LogP contribution in [0.25, 0.3) is 0 Å². The molecule has 0 aromatic carbocycles. The van der Waals surface area contributed by atoms with Gasteiger partial charge in [-0.15, -0.1) is 0 Å². The molecule has 9 heteroatoms. The van der Waals surface area contributed by atoms with Crippen molar-refractivity contribution < 1.29 is 17.7 Å². The molecule has 22 heavy (non-hydrogen) atoms. The summed E-state index contributed by atoms with van der Waals surface area (Å²) >= 11 is 0. The van der Waals surface area contributed by atoms with Crippen molar-refractivity contribution in [1.29, 1.82) is 0 Å². The molecule has 0 aliphatic heterocycles. The maximum absolute atomic E-state index is 12.1. The minimum absolute atomic E-state index is 0.116. The molecule has 8 nitrogen and oxygen atoms in total. The lowest BCUT2D eigenvalue weighted by Crippen LogP contribution is -2.24. The summed E-state index contributed by atoms with van der Waals surface area (Å²) in [7, 11) is -2.27. The number of anilines is 1. The fourth-order valence-corrected chi connectivity index (χ4v) is 3.02. The smallest absolute Gasteiger partial charge is 0.242 e. The molecule has 2 aromatic heterocycles. The van der Waals surface area contributed by atoms with Gasteiger partial charge in [0, 0.05) is 30.9 Å². The molecular weight excluding hydrogens is 308 g/mol. The molecule has 0 aliphatic rings. The standard InChI is InChI=1S/C13H18N4O4S/c1-13(2,3)9-7-11(21-16-9)15-10(18)8-22(19,20)12-14-5-6-17(12)4/h5-7H,8H2,1-4H3,(H,15,18). The number of imidazole rings is 1. The van der Waals surface area contributed by atoms with Gasteiger partial charge in [0.2, 0.25) is 26.8 Å². The van der Waals surface area contributed by atoms with Crippen LogP contribution in [0.3, 0.4) is 0 Å². The average molecular weight is 326 g/mol. The summed E-state index contributed by atoms with van der Waals surface area (Å²) in [4.78, 5) is 15.6. The van der Waals surface area contributed by atoms with Gasteiger partial charge in [-0.25, -0.2) is 13.4 Å². The quantitative estimate of drug-likeness (QED) is 0.902. The highest BCUT2D eigenvalue weighted by molar-refractivity contribution is 7.92. The van der Waals surface area contributed by atoms with E-state index in [0.29, 0.717) is 5.69 Å². The largest absolute Gasteiger partial charge is 0.338 e. The molecule has 120 valence electrons. The number of rotatable bonds is 4. The van der Waals surface area contributed by atoms with E-state index in [2.05, 4.69) is 15.5 Å². The number of hydrogen-bond acceptors (Lipinski definition) is 6. The molecule has 0 atom stereocenters. The molecule has 2 aromatic rings. The summed E-state index contributed by atoms with van der Waals surface area (Å²) < 4.78 is 30.5. The van der Waals surface area contributed by atoms with Crippen LogP contribution in [0.1, 0.15) is 26.5 Å². The number of sulfone groups is 1. The maximum Gasteiger partial charge on any atom is 0.242 e. The van der Waals surface area contributed by atoms with Gasteiger partial charge >= 0.3 is 0 Å². The number of aromatic nitrogens is 3. The van der Waals surface area contributed by atoms with Gasteiger partial charge in [0.25, 0.3) is 0 Å². The Labute approximate surface area is 128 Å². The van der Waals surface area contributed by atoms with Gasteiger partial charge in [0.1, 0.15) is 5.75 Å². The Balaban J connectivity index is 2.08. The zero-order valence-electron chi connectivity index (χ0n) is 12.8. The minimum atomic E-state index is -3.81. The second-order valence-electron chi connectivity index (χ2n) is 5.95. The van der Waals surface area contributed by atoms with Crippen LogP contribution in [0.5, 0.6) is 0 Å². The predicted octanol–water partition coefficient (Wildman–Crippen LogP) is 1.12. The normalized spacial score (nSPS) is 12.4. The molecule has 0 fully saturated rings. The average Bonchev–Trinajstić information content (AvgIpc) is 2.96. The van der Waals surface area contributed by atoms with Crippen molar-refractivity contribution in [2.75, 3.05) is 11.1 Å². The first kappa shape index (κ1) is 16.2. The Bertz CT molecular complexity index is 783. The lowest BCUT2D eigenvalue weighted by Gasteiger charge is -2.12. The van der Waals surface area contributed by atoms with E-state index in [1.165, 1.54) is 17.0 Å². The number of carbonyl (C=O) groups is 1. The Morgan fingerprint density at radius 1 is 1.41 bits per heavy atom. The van der Waals surface area contributed by atoms with E-state index < -0.39 is 21.5 Å². The van der Waals surface area contributed by atoms with Crippen LogP contribution in [-0.4, -0.2) is 34.8 Å². The molecule has 2 heterocycles. The van der Waals surface area contributed by atoms with Crippen LogP contribution < -0.4 is 5.32 Å². The Hall–Kier alpha value is -2.16. The zero-order chi connectivity index (χ0) is 16.5. The zero-order valence-corrected chi connectivity index (χ0v) is 13.6.